The van der Waals surface area contributed by atoms with Crippen molar-refractivity contribution in [2.45, 2.75) is 39.5 Å². The SMILES string of the molecule is CCO[Si](OCC)(OCC)C(O)(CC)Oc1ccc(C(=O)c2ccccc2)cc1. The van der Waals surface area contributed by atoms with Gasteiger partial charge in [-0.05, 0) is 45.0 Å². The van der Waals surface area contributed by atoms with Crippen molar-refractivity contribution in [1.29, 1.82) is 0 Å². The monoisotopic (exact) mass is 418 g/mol. The number of ketones is 1. The summed E-state index contributed by atoms with van der Waals surface area (Å²) in [6.45, 7) is 8.21. The van der Waals surface area contributed by atoms with Crippen LogP contribution < -0.4 is 4.74 Å². The molecule has 7 heteroatoms. The predicted octanol–water partition coefficient (Wildman–Crippen LogP) is 3.98. The molecule has 2 rings (SSSR count). The Kier molecular flexibility index (Phi) is 8.55. The topological polar surface area (TPSA) is 74.2 Å². The van der Waals surface area contributed by atoms with E-state index in [1.54, 1.807) is 43.3 Å². The molecular weight excluding hydrogens is 388 g/mol. The highest BCUT2D eigenvalue weighted by Gasteiger charge is 2.63. The molecule has 1 atom stereocenters. The fourth-order valence-electron chi connectivity index (χ4n) is 3.01. The van der Waals surface area contributed by atoms with Gasteiger partial charge in [0.1, 0.15) is 5.75 Å². The van der Waals surface area contributed by atoms with Gasteiger partial charge in [-0.25, -0.2) is 0 Å². The van der Waals surface area contributed by atoms with Crippen LogP contribution in [0.1, 0.15) is 50.0 Å². The zero-order valence-electron chi connectivity index (χ0n) is 17.5. The van der Waals surface area contributed by atoms with E-state index in [1.165, 1.54) is 0 Å². The number of hydrogen-bond acceptors (Lipinski definition) is 6. The Balaban J connectivity index is 2.27. The van der Waals surface area contributed by atoms with Crippen molar-refractivity contribution in [1.82, 2.24) is 0 Å². The first kappa shape index (κ1) is 23.2. The second-order valence-corrected chi connectivity index (χ2v) is 9.07. The molecule has 1 unspecified atom stereocenters. The van der Waals surface area contributed by atoms with Crippen molar-refractivity contribution >= 4 is 14.6 Å². The molecule has 0 aliphatic rings. The van der Waals surface area contributed by atoms with Crippen LogP contribution in [-0.2, 0) is 13.3 Å². The number of hydrogen-bond donors (Lipinski definition) is 1. The molecule has 2 aromatic rings. The van der Waals surface area contributed by atoms with Crippen molar-refractivity contribution in [3.8, 4) is 5.75 Å². The van der Waals surface area contributed by atoms with E-state index in [0.717, 1.165) is 0 Å². The quantitative estimate of drug-likeness (QED) is 0.319. The molecule has 0 saturated heterocycles. The van der Waals surface area contributed by atoms with Gasteiger partial charge in [0.05, 0.1) is 0 Å². The number of benzene rings is 2. The number of ether oxygens (including phenoxy) is 1. The van der Waals surface area contributed by atoms with E-state index < -0.39 is 14.2 Å². The molecule has 29 heavy (non-hydrogen) atoms. The largest absolute Gasteiger partial charge is 0.576 e. The second kappa shape index (κ2) is 10.7. The molecule has 0 bridgehead atoms. The van der Waals surface area contributed by atoms with E-state index in [-0.39, 0.29) is 12.2 Å². The highest BCUT2D eigenvalue weighted by atomic mass is 28.4. The van der Waals surface area contributed by atoms with E-state index >= 15 is 0 Å². The van der Waals surface area contributed by atoms with Crippen LogP contribution in [0.15, 0.2) is 54.6 Å². The molecule has 0 saturated carbocycles. The molecule has 0 amide bonds. The molecule has 0 spiro atoms. The predicted molar refractivity (Wildman–Crippen MR) is 113 cm³/mol. The summed E-state index contributed by atoms with van der Waals surface area (Å²) in [4.78, 5) is 12.6. The summed E-state index contributed by atoms with van der Waals surface area (Å²) in [6.07, 6.45) is 0.212. The van der Waals surface area contributed by atoms with Crippen LogP contribution in [0.3, 0.4) is 0 Å². The molecule has 0 radical (unpaired) electrons. The summed E-state index contributed by atoms with van der Waals surface area (Å²) in [6, 6.07) is 15.7. The van der Waals surface area contributed by atoms with Crippen molar-refractivity contribution in [3.63, 3.8) is 0 Å². The van der Waals surface area contributed by atoms with Crippen molar-refractivity contribution in [2.24, 2.45) is 0 Å². The lowest BCUT2D eigenvalue weighted by Crippen LogP contribution is -2.68. The first-order valence-electron chi connectivity index (χ1n) is 9.98. The van der Waals surface area contributed by atoms with E-state index in [0.29, 0.717) is 36.7 Å². The van der Waals surface area contributed by atoms with Crippen molar-refractivity contribution < 1.29 is 27.9 Å². The zero-order valence-corrected chi connectivity index (χ0v) is 18.5. The van der Waals surface area contributed by atoms with Gasteiger partial charge in [0, 0.05) is 37.4 Å². The van der Waals surface area contributed by atoms with Crippen LogP contribution in [0.5, 0.6) is 5.75 Å². The molecule has 0 heterocycles. The van der Waals surface area contributed by atoms with Gasteiger partial charge in [-0.1, -0.05) is 37.3 Å². The third-order valence-electron chi connectivity index (χ3n) is 4.40. The van der Waals surface area contributed by atoms with Crippen LogP contribution in [0.25, 0.3) is 0 Å². The summed E-state index contributed by atoms with van der Waals surface area (Å²) in [7, 11) is -3.55. The molecule has 1 N–H and O–H groups in total. The molecule has 158 valence electrons. The molecule has 0 aliphatic carbocycles. The average molecular weight is 419 g/mol. The van der Waals surface area contributed by atoms with Crippen LogP contribution in [-0.4, -0.2) is 44.9 Å². The minimum absolute atomic E-state index is 0.0791. The Morgan fingerprint density at radius 2 is 1.31 bits per heavy atom. The van der Waals surface area contributed by atoms with Gasteiger partial charge in [-0.15, -0.1) is 0 Å². The smallest absolute Gasteiger partial charge is 0.457 e. The number of rotatable bonds is 12. The lowest BCUT2D eigenvalue weighted by Gasteiger charge is -2.40. The molecule has 0 fully saturated rings. The van der Waals surface area contributed by atoms with E-state index in [4.69, 9.17) is 18.0 Å². The van der Waals surface area contributed by atoms with Gasteiger partial charge in [-0.3, -0.25) is 4.79 Å². The van der Waals surface area contributed by atoms with Crippen LogP contribution in [0, 0.1) is 0 Å². The lowest BCUT2D eigenvalue weighted by molar-refractivity contribution is -0.141. The third-order valence-corrected chi connectivity index (χ3v) is 7.82. The van der Waals surface area contributed by atoms with Gasteiger partial charge in [0.25, 0.3) is 5.41 Å². The highest BCUT2D eigenvalue weighted by molar-refractivity contribution is 6.63. The maximum atomic E-state index is 12.6. The highest BCUT2D eigenvalue weighted by Crippen LogP contribution is 2.31. The number of carbonyl (C=O) groups excluding carboxylic acids is 1. The molecule has 0 aromatic heterocycles. The average Bonchev–Trinajstić information content (AvgIpc) is 2.74. The summed E-state index contributed by atoms with van der Waals surface area (Å²) in [5.74, 6) is 0.319. The van der Waals surface area contributed by atoms with Crippen molar-refractivity contribution in [2.75, 3.05) is 19.8 Å². The fourth-order valence-corrected chi connectivity index (χ4v) is 5.75. The number of aliphatic hydroxyl groups is 1. The summed E-state index contributed by atoms with van der Waals surface area (Å²) < 4.78 is 23.4. The molecule has 2 aromatic carbocycles. The lowest BCUT2D eigenvalue weighted by atomic mass is 10.0. The molecular formula is C22H30O6Si. The minimum Gasteiger partial charge on any atom is -0.457 e. The first-order chi connectivity index (χ1) is 13.9. The van der Waals surface area contributed by atoms with Crippen LogP contribution in [0.2, 0.25) is 0 Å². The molecule has 6 nitrogen and oxygen atoms in total. The Bertz CT molecular complexity index is 748. The maximum Gasteiger partial charge on any atom is 0.576 e. The third kappa shape index (κ3) is 5.32. The summed E-state index contributed by atoms with van der Waals surface area (Å²) in [5, 5.41) is 11.3. The minimum atomic E-state index is -3.55. The fraction of sp³-hybridized carbons (Fsp3) is 0.409. The Hall–Kier alpha value is -2.03. The maximum absolute atomic E-state index is 12.6. The summed E-state index contributed by atoms with van der Waals surface area (Å²) >= 11 is 0. The van der Waals surface area contributed by atoms with Crippen molar-refractivity contribution in [3.05, 3.63) is 65.7 Å². The van der Waals surface area contributed by atoms with Gasteiger partial charge >= 0.3 is 8.80 Å². The first-order valence-corrected chi connectivity index (χ1v) is 11.7. The van der Waals surface area contributed by atoms with Gasteiger partial charge in [-0.2, -0.15) is 0 Å². The Labute approximate surface area is 173 Å². The van der Waals surface area contributed by atoms with E-state index in [2.05, 4.69) is 0 Å². The normalized spacial score (nSPS) is 13.7. The van der Waals surface area contributed by atoms with Crippen LogP contribution in [0.4, 0.5) is 0 Å². The standard InChI is InChI=1S/C22H30O6Si/c1-5-22(24,29(25-6-2,26-7-3)27-8-4)28-20-16-14-19(15-17-20)21(23)18-12-10-9-11-13-18/h9-17,24H,5-8H2,1-4H3. The zero-order chi connectivity index (χ0) is 21.3. The molecule has 0 aliphatic heterocycles. The van der Waals surface area contributed by atoms with E-state index in [1.807, 2.05) is 39.0 Å². The Morgan fingerprint density at radius 1 is 0.828 bits per heavy atom. The second-order valence-electron chi connectivity index (χ2n) is 6.31. The number of carbonyl (C=O) groups is 1. The van der Waals surface area contributed by atoms with Crippen LogP contribution >= 0.6 is 0 Å². The van der Waals surface area contributed by atoms with Gasteiger partial charge in [0.2, 0.25) is 0 Å². The Morgan fingerprint density at radius 3 is 1.76 bits per heavy atom. The summed E-state index contributed by atoms with van der Waals surface area (Å²) in [5.41, 5.74) is -0.604. The van der Waals surface area contributed by atoms with E-state index in [9.17, 15) is 9.90 Å². The van der Waals surface area contributed by atoms with Gasteiger partial charge < -0.3 is 23.1 Å². The van der Waals surface area contributed by atoms with Gasteiger partial charge in [0.15, 0.2) is 5.78 Å².